The number of hydrogen-bond donors (Lipinski definition) is 2. The van der Waals surface area contributed by atoms with Crippen LogP contribution < -0.4 is 15.5 Å². The molecule has 1 unspecified atom stereocenters. The van der Waals surface area contributed by atoms with E-state index in [2.05, 4.69) is 10.6 Å². The first-order chi connectivity index (χ1) is 11.2. The van der Waals surface area contributed by atoms with Crippen LogP contribution in [0.25, 0.3) is 0 Å². The molecule has 2 aliphatic heterocycles. The topological polar surface area (TPSA) is 64.7 Å². The fourth-order valence-electron chi connectivity index (χ4n) is 3.40. The number of likely N-dealkylation sites (tertiary alicyclic amines) is 1. The third-order valence-corrected chi connectivity index (χ3v) is 4.56. The van der Waals surface area contributed by atoms with E-state index in [1.165, 1.54) is 0 Å². The van der Waals surface area contributed by atoms with E-state index in [-0.39, 0.29) is 18.0 Å². The maximum absolute atomic E-state index is 12.8. The van der Waals surface area contributed by atoms with Crippen LogP contribution in [0.2, 0.25) is 0 Å². The highest BCUT2D eigenvalue weighted by Gasteiger charge is 2.29. The molecule has 0 spiro atoms. The lowest BCUT2D eigenvalue weighted by Gasteiger charge is -2.28. The smallest absolute Gasteiger partial charge is 0.321 e. The van der Waals surface area contributed by atoms with Crippen molar-refractivity contribution in [2.45, 2.75) is 25.3 Å². The molecule has 1 aromatic carbocycles. The lowest BCUT2D eigenvalue weighted by atomic mass is 10.1. The number of nitrogens with one attached hydrogen (secondary N) is 2. The minimum Gasteiger partial charge on any atom is -0.338 e. The summed E-state index contributed by atoms with van der Waals surface area (Å²) in [6.45, 7) is 3.03. The Hall–Kier alpha value is -2.08. The monoisotopic (exact) mass is 316 g/mol. The average Bonchev–Trinajstić information content (AvgIpc) is 3.03. The summed E-state index contributed by atoms with van der Waals surface area (Å²) in [5, 5.41) is 6.00. The number of hydrogen-bond acceptors (Lipinski definition) is 3. The van der Waals surface area contributed by atoms with Gasteiger partial charge in [-0.25, -0.2) is 4.79 Å². The Balaban J connectivity index is 1.79. The van der Waals surface area contributed by atoms with E-state index >= 15 is 0 Å². The average molecular weight is 316 g/mol. The number of nitrogens with zero attached hydrogens (tertiary/aromatic N) is 2. The highest BCUT2D eigenvalue weighted by Crippen LogP contribution is 2.23. The summed E-state index contributed by atoms with van der Waals surface area (Å²) in [5.74, 6) is 0.0574. The highest BCUT2D eigenvalue weighted by molar-refractivity contribution is 5.98. The van der Waals surface area contributed by atoms with E-state index in [9.17, 15) is 9.59 Å². The Morgan fingerprint density at radius 3 is 3.00 bits per heavy atom. The molecule has 124 valence electrons. The standard InChI is InChI=1S/C17H24N4O2/c1-18-12-15-7-3-9-20(15)16(22)13-5-2-6-14(11-13)21-10-4-8-19-17(21)23/h2,5-6,11,15,18H,3-4,7-10,12H2,1H3,(H,19,23). The quantitative estimate of drug-likeness (QED) is 0.883. The molecule has 2 fully saturated rings. The Labute approximate surface area is 136 Å². The minimum atomic E-state index is -0.0879. The second-order valence-electron chi connectivity index (χ2n) is 6.14. The summed E-state index contributed by atoms with van der Waals surface area (Å²) in [5.41, 5.74) is 1.45. The van der Waals surface area contributed by atoms with Crippen LogP contribution in [0, 0.1) is 0 Å². The zero-order valence-electron chi connectivity index (χ0n) is 13.5. The van der Waals surface area contributed by atoms with Gasteiger partial charge in [-0.15, -0.1) is 0 Å². The zero-order chi connectivity index (χ0) is 16.2. The molecule has 1 atom stereocenters. The van der Waals surface area contributed by atoms with Crippen molar-refractivity contribution in [1.82, 2.24) is 15.5 Å². The van der Waals surface area contributed by atoms with Crippen molar-refractivity contribution >= 4 is 17.6 Å². The third-order valence-electron chi connectivity index (χ3n) is 4.56. The number of amides is 3. The first-order valence-corrected chi connectivity index (χ1v) is 8.31. The first-order valence-electron chi connectivity index (χ1n) is 8.31. The van der Waals surface area contributed by atoms with Gasteiger partial charge < -0.3 is 15.5 Å². The summed E-state index contributed by atoms with van der Waals surface area (Å²) in [6.07, 6.45) is 3.01. The SMILES string of the molecule is CNCC1CCCN1C(=O)c1cccc(N2CCCNC2=O)c1. The molecule has 6 heteroatoms. The molecule has 3 rings (SSSR count). The van der Waals surface area contributed by atoms with Gasteiger partial charge in [0.05, 0.1) is 0 Å². The minimum absolute atomic E-state index is 0.0574. The van der Waals surface area contributed by atoms with Crippen molar-refractivity contribution in [1.29, 1.82) is 0 Å². The molecule has 1 aromatic rings. The molecule has 0 aromatic heterocycles. The summed E-state index contributed by atoms with van der Waals surface area (Å²) in [6, 6.07) is 7.58. The van der Waals surface area contributed by atoms with Crippen LogP contribution in [0.3, 0.4) is 0 Å². The molecule has 2 aliphatic rings. The Morgan fingerprint density at radius 2 is 2.22 bits per heavy atom. The maximum atomic E-state index is 12.8. The number of anilines is 1. The van der Waals surface area contributed by atoms with Crippen LogP contribution in [-0.2, 0) is 0 Å². The number of benzene rings is 1. The summed E-state index contributed by atoms with van der Waals surface area (Å²) in [7, 11) is 1.91. The fraction of sp³-hybridized carbons (Fsp3) is 0.529. The normalized spacial score (nSPS) is 21.4. The van der Waals surface area contributed by atoms with Crippen LogP contribution in [0.5, 0.6) is 0 Å². The van der Waals surface area contributed by atoms with Crippen molar-refractivity contribution in [2.75, 3.05) is 38.1 Å². The molecule has 0 aliphatic carbocycles. The second-order valence-corrected chi connectivity index (χ2v) is 6.14. The van der Waals surface area contributed by atoms with E-state index in [0.717, 1.165) is 38.0 Å². The van der Waals surface area contributed by atoms with Gasteiger partial charge in [-0.05, 0) is 44.5 Å². The maximum Gasteiger partial charge on any atom is 0.321 e. The van der Waals surface area contributed by atoms with Crippen molar-refractivity contribution < 1.29 is 9.59 Å². The Bertz CT molecular complexity index is 590. The van der Waals surface area contributed by atoms with Crippen LogP contribution in [0.1, 0.15) is 29.6 Å². The van der Waals surface area contributed by atoms with Crippen molar-refractivity contribution in [3.63, 3.8) is 0 Å². The fourth-order valence-corrected chi connectivity index (χ4v) is 3.40. The first kappa shape index (κ1) is 15.8. The van der Waals surface area contributed by atoms with Gasteiger partial charge in [-0.2, -0.15) is 0 Å². The molecule has 0 radical (unpaired) electrons. The molecule has 23 heavy (non-hydrogen) atoms. The van der Waals surface area contributed by atoms with Gasteiger partial charge in [0.25, 0.3) is 5.91 Å². The second kappa shape index (κ2) is 7.00. The van der Waals surface area contributed by atoms with Crippen LogP contribution >= 0.6 is 0 Å². The van der Waals surface area contributed by atoms with Gasteiger partial charge >= 0.3 is 6.03 Å². The van der Waals surface area contributed by atoms with Gasteiger partial charge in [0.15, 0.2) is 0 Å². The van der Waals surface area contributed by atoms with E-state index in [4.69, 9.17) is 0 Å². The lowest BCUT2D eigenvalue weighted by molar-refractivity contribution is 0.0737. The predicted molar refractivity (Wildman–Crippen MR) is 89.8 cm³/mol. The summed E-state index contributed by atoms with van der Waals surface area (Å²) in [4.78, 5) is 28.5. The third kappa shape index (κ3) is 3.32. The molecule has 6 nitrogen and oxygen atoms in total. The molecule has 2 heterocycles. The molecule has 0 saturated carbocycles. The van der Waals surface area contributed by atoms with Gasteiger partial charge in [0, 0.05) is 43.5 Å². The van der Waals surface area contributed by atoms with Crippen LogP contribution in [0.4, 0.5) is 10.5 Å². The number of rotatable bonds is 4. The van der Waals surface area contributed by atoms with E-state index in [0.29, 0.717) is 18.7 Å². The van der Waals surface area contributed by atoms with E-state index in [1.807, 2.05) is 36.2 Å². The van der Waals surface area contributed by atoms with Crippen LogP contribution in [-0.4, -0.2) is 56.1 Å². The van der Waals surface area contributed by atoms with E-state index < -0.39 is 0 Å². The van der Waals surface area contributed by atoms with Gasteiger partial charge in [0.1, 0.15) is 0 Å². The number of carbonyl (C=O) groups excluding carboxylic acids is 2. The highest BCUT2D eigenvalue weighted by atomic mass is 16.2. The van der Waals surface area contributed by atoms with Crippen LogP contribution in [0.15, 0.2) is 24.3 Å². The van der Waals surface area contributed by atoms with Crippen molar-refractivity contribution in [2.24, 2.45) is 0 Å². The summed E-state index contributed by atoms with van der Waals surface area (Å²) >= 11 is 0. The van der Waals surface area contributed by atoms with Gasteiger partial charge in [0.2, 0.25) is 0 Å². The lowest BCUT2D eigenvalue weighted by Crippen LogP contribution is -2.46. The molecular formula is C17H24N4O2. The van der Waals surface area contributed by atoms with Gasteiger partial charge in [-0.1, -0.05) is 6.07 Å². The largest absolute Gasteiger partial charge is 0.338 e. The zero-order valence-corrected chi connectivity index (χ0v) is 13.5. The van der Waals surface area contributed by atoms with Crippen molar-refractivity contribution in [3.05, 3.63) is 29.8 Å². The van der Waals surface area contributed by atoms with E-state index in [1.54, 1.807) is 4.90 Å². The van der Waals surface area contributed by atoms with Crippen molar-refractivity contribution in [3.8, 4) is 0 Å². The number of carbonyl (C=O) groups is 2. The van der Waals surface area contributed by atoms with Gasteiger partial charge in [-0.3, -0.25) is 9.69 Å². The molecule has 2 saturated heterocycles. The Morgan fingerprint density at radius 1 is 1.35 bits per heavy atom. The number of likely N-dealkylation sites (N-methyl/N-ethyl adjacent to an activating group) is 1. The summed E-state index contributed by atoms with van der Waals surface area (Å²) < 4.78 is 0. The Kier molecular flexibility index (Phi) is 4.81. The molecule has 2 N–H and O–H groups in total. The molecule has 3 amide bonds. The predicted octanol–water partition coefficient (Wildman–Crippen LogP) is 1.43. The molecule has 0 bridgehead atoms. The molecular weight excluding hydrogens is 292 g/mol. The number of urea groups is 1.